The Morgan fingerprint density at radius 1 is 1.57 bits per heavy atom. The molecule has 0 rings (SSSR count). The van der Waals surface area contributed by atoms with Crippen molar-refractivity contribution in [2.45, 2.75) is 30.3 Å². The van der Waals surface area contributed by atoms with Crippen molar-refractivity contribution < 1.29 is 5.11 Å². The van der Waals surface area contributed by atoms with Gasteiger partial charge in [-0.3, -0.25) is 0 Å². The van der Waals surface area contributed by atoms with E-state index in [1.54, 1.807) is 0 Å². The van der Waals surface area contributed by atoms with Gasteiger partial charge in [-0.05, 0) is 13.3 Å². The van der Waals surface area contributed by atoms with Crippen molar-refractivity contribution in [3.05, 3.63) is 0 Å². The van der Waals surface area contributed by atoms with E-state index in [0.29, 0.717) is 3.92 Å². The van der Waals surface area contributed by atoms with Crippen LogP contribution in [0.1, 0.15) is 20.3 Å². The Balaban J connectivity index is 2.95. The normalized spacial score (nSPS) is 18.9. The molecule has 0 bridgehead atoms. The molecular weight excluding hydrogens is 203 g/mol. The van der Waals surface area contributed by atoms with Crippen LogP contribution in [0.25, 0.3) is 0 Å². The predicted octanol–water partition coefficient (Wildman–Crippen LogP) is 1.58. The molecule has 1 nitrogen and oxygen atoms in total. The van der Waals surface area contributed by atoms with E-state index in [9.17, 15) is 0 Å². The molecule has 0 amide bonds. The third kappa shape index (κ3) is 6.69. The topological polar surface area (TPSA) is 20.2 Å². The van der Waals surface area contributed by atoms with Crippen LogP contribution < -0.4 is 0 Å². The zero-order valence-corrected chi connectivity index (χ0v) is 6.84. The van der Waals surface area contributed by atoms with Gasteiger partial charge in [0.05, 0.1) is 6.10 Å². The molecule has 2 unspecified atom stereocenters. The molecule has 7 heavy (non-hydrogen) atoms. The first-order valence-corrected chi connectivity index (χ1v) is 3.69. The molecular formula is C5H11IO. The van der Waals surface area contributed by atoms with E-state index < -0.39 is 0 Å². The lowest BCUT2D eigenvalue weighted by Gasteiger charge is -2.03. The summed E-state index contributed by atoms with van der Waals surface area (Å²) in [6.45, 7) is 3.91. The average molecular weight is 214 g/mol. The molecule has 0 saturated carbocycles. The van der Waals surface area contributed by atoms with Gasteiger partial charge >= 0.3 is 0 Å². The Morgan fingerprint density at radius 2 is 2.00 bits per heavy atom. The van der Waals surface area contributed by atoms with Gasteiger partial charge in [-0.1, -0.05) is 29.5 Å². The van der Waals surface area contributed by atoms with E-state index in [4.69, 9.17) is 5.11 Å². The summed E-state index contributed by atoms with van der Waals surface area (Å²) in [6.07, 6.45) is 0.771. The lowest BCUT2D eigenvalue weighted by Crippen LogP contribution is -2.04. The number of aliphatic hydroxyl groups is 1. The van der Waals surface area contributed by atoms with Crippen LogP contribution in [-0.2, 0) is 0 Å². The molecule has 2 atom stereocenters. The SMILES string of the molecule is CC(O)CC(C)I. The molecule has 0 aromatic carbocycles. The molecule has 0 aliphatic carbocycles. The van der Waals surface area contributed by atoms with Crippen molar-refractivity contribution in [2.75, 3.05) is 0 Å². The van der Waals surface area contributed by atoms with Crippen LogP contribution in [0.2, 0.25) is 0 Å². The number of alkyl halides is 1. The van der Waals surface area contributed by atoms with Crippen molar-refractivity contribution in [3.8, 4) is 0 Å². The Kier molecular flexibility index (Phi) is 4.02. The summed E-state index contributed by atoms with van der Waals surface area (Å²) in [5.41, 5.74) is 0. The predicted molar refractivity (Wildman–Crippen MR) is 39.8 cm³/mol. The van der Waals surface area contributed by atoms with Crippen molar-refractivity contribution >= 4 is 22.6 Å². The second-order valence-corrected chi connectivity index (χ2v) is 3.99. The average Bonchev–Trinajstić information content (AvgIpc) is 1.27. The fourth-order valence-electron chi connectivity index (χ4n) is 0.470. The molecule has 0 aromatic heterocycles. The minimum atomic E-state index is -0.133. The van der Waals surface area contributed by atoms with Gasteiger partial charge in [0, 0.05) is 3.92 Å². The summed E-state index contributed by atoms with van der Waals surface area (Å²) in [5, 5.41) is 8.72. The molecule has 2 heteroatoms. The molecule has 0 saturated heterocycles. The molecule has 1 N–H and O–H groups in total. The summed E-state index contributed by atoms with van der Waals surface area (Å²) in [6, 6.07) is 0. The summed E-state index contributed by atoms with van der Waals surface area (Å²) in [5.74, 6) is 0. The first kappa shape index (κ1) is 7.69. The highest BCUT2D eigenvalue weighted by Gasteiger charge is 1.98. The number of hydrogen-bond acceptors (Lipinski definition) is 1. The highest BCUT2D eigenvalue weighted by molar-refractivity contribution is 14.1. The Bertz CT molecular complexity index is 37.3. The zero-order valence-electron chi connectivity index (χ0n) is 4.69. The summed E-state index contributed by atoms with van der Waals surface area (Å²) >= 11 is 2.30. The van der Waals surface area contributed by atoms with Gasteiger partial charge in [0.2, 0.25) is 0 Å². The van der Waals surface area contributed by atoms with Gasteiger partial charge < -0.3 is 5.11 Å². The fraction of sp³-hybridized carbons (Fsp3) is 1.00. The van der Waals surface area contributed by atoms with Crippen LogP contribution in [0.5, 0.6) is 0 Å². The molecule has 0 fully saturated rings. The first-order chi connectivity index (χ1) is 3.13. The second kappa shape index (κ2) is 3.66. The van der Waals surface area contributed by atoms with Gasteiger partial charge in [0.1, 0.15) is 0 Å². The third-order valence-corrected chi connectivity index (χ3v) is 1.17. The highest BCUT2D eigenvalue weighted by atomic mass is 127. The fourth-order valence-corrected chi connectivity index (χ4v) is 1.21. The number of rotatable bonds is 2. The van der Waals surface area contributed by atoms with Gasteiger partial charge in [0.15, 0.2) is 0 Å². The largest absolute Gasteiger partial charge is 0.393 e. The second-order valence-electron chi connectivity index (χ2n) is 1.87. The van der Waals surface area contributed by atoms with Crippen LogP contribution in [-0.4, -0.2) is 15.1 Å². The minimum absolute atomic E-state index is 0.133. The number of hydrogen-bond donors (Lipinski definition) is 1. The summed E-state index contributed by atoms with van der Waals surface area (Å²) in [4.78, 5) is 0. The van der Waals surface area contributed by atoms with Gasteiger partial charge in [-0.2, -0.15) is 0 Å². The van der Waals surface area contributed by atoms with E-state index >= 15 is 0 Å². The molecule has 0 heterocycles. The Morgan fingerprint density at radius 3 is 2.00 bits per heavy atom. The van der Waals surface area contributed by atoms with E-state index in [1.165, 1.54) is 0 Å². The lowest BCUT2D eigenvalue weighted by molar-refractivity contribution is 0.186. The Labute approximate surface area is 58.3 Å². The minimum Gasteiger partial charge on any atom is -0.393 e. The highest BCUT2D eigenvalue weighted by Crippen LogP contribution is 2.06. The van der Waals surface area contributed by atoms with Crippen molar-refractivity contribution in [1.29, 1.82) is 0 Å². The van der Waals surface area contributed by atoms with E-state index in [0.717, 1.165) is 6.42 Å². The number of aliphatic hydroxyl groups excluding tert-OH is 1. The smallest absolute Gasteiger partial charge is 0.0522 e. The van der Waals surface area contributed by atoms with E-state index in [-0.39, 0.29) is 6.10 Å². The van der Waals surface area contributed by atoms with Crippen LogP contribution in [0.4, 0.5) is 0 Å². The maximum absolute atomic E-state index is 8.72. The van der Waals surface area contributed by atoms with Crippen LogP contribution in [0, 0.1) is 0 Å². The van der Waals surface area contributed by atoms with Crippen LogP contribution in [0.15, 0.2) is 0 Å². The van der Waals surface area contributed by atoms with Crippen molar-refractivity contribution in [2.24, 2.45) is 0 Å². The van der Waals surface area contributed by atoms with Gasteiger partial charge in [-0.25, -0.2) is 0 Å². The maximum atomic E-state index is 8.72. The quantitative estimate of drug-likeness (QED) is 0.546. The van der Waals surface area contributed by atoms with Crippen LogP contribution in [0.3, 0.4) is 0 Å². The van der Waals surface area contributed by atoms with Crippen molar-refractivity contribution in [1.82, 2.24) is 0 Å². The lowest BCUT2D eigenvalue weighted by atomic mass is 10.2. The van der Waals surface area contributed by atoms with E-state index in [1.807, 2.05) is 6.92 Å². The molecule has 0 aromatic rings. The standard InChI is InChI=1S/C5H11IO/c1-4(6)3-5(2)7/h4-5,7H,3H2,1-2H3. The maximum Gasteiger partial charge on any atom is 0.0522 e. The number of halogens is 1. The van der Waals surface area contributed by atoms with Crippen molar-refractivity contribution in [3.63, 3.8) is 0 Å². The third-order valence-electron chi connectivity index (χ3n) is 0.666. The molecule has 0 aliphatic heterocycles. The zero-order chi connectivity index (χ0) is 5.86. The Hall–Kier alpha value is 0.690. The summed E-state index contributed by atoms with van der Waals surface area (Å²) in [7, 11) is 0. The van der Waals surface area contributed by atoms with Gasteiger partial charge in [-0.15, -0.1) is 0 Å². The van der Waals surface area contributed by atoms with Crippen LogP contribution >= 0.6 is 22.6 Å². The molecule has 0 aliphatic rings. The first-order valence-electron chi connectivity index (χ1n) is 2.45. The summed E-state index contributed by atoms with van der Waals surface area (Å²) < 4.78 is 0.595. The molecule has 0 spiro atoms. The molecule has 44 valence electrons. The van der Waals surface area contributed by atoms with Gasteiger partial charge in [0.25, 0.3) is 0 Å². The van der Waals surface area contributed by atoms with E-state index in [2.05, 4.69) is 29.5 Å². The molecule has 0 radical (unpaired) electrons. The monoisotopic (exact) mass is 214 g/mol.